The Morgan fingerprint density at radius 1 is 1.41 bits per heavy atom. The van der Waals surface area contributed by atoms with Crippen LogP contribution in [-0.4, -0.2) is 14.3 Å². The summed E-state index contributed by atoms with van der Waals surface area (Å²) in [5.41, 5.74) is 2.44. The van der Waals surface area contributed by atoms with Crippen molar-refractivity contribution in [1.82, 2.24) is 14.3 Å². The maximum absolute atomic E-state index is 4.43. The largest absolute Gasteiger partial charge is 0.356 e. The molecule has 0 aliphatic rings. The topological polar surface area (TPSA) is 50.7 Å². The number of nitrogens with zero attached hydrogens (tertiary/aromatic N) is 3. The van der Waals surface area contributed by atoms with E-state index in [1.54, 1.807) is 0 Å². The van der Waals surface area contributed by atoms with Crippen LogP contribution in [0.3, 0.4) is 0 Å². The van der Waals surface area contributed by atoms with Gasteiger partial charge in [0, 0.05) is 36.9 Å². The van der Waals surface area contributed by atoms with E-state index in [2.05, 4.69) is 33.5 Å². The van der Waals surface area contributed by atoms with Gasteiger partial charge < -0.3 is 5.32 Å². The Kier molecular flexibility index (Phi) is 4.03. The molecule has 2 aromatic rings. The van der Waals surface area contributed by atoms with Crippen LogP contribution < -0.4 is 5.32 Å². The molecule has 0 aliphatic heterocycles. The zero-order valence-corrected chi connectivity index (χ0v) is 10.9. The molecule has 2 aromatic heterocycles. The van der Waals surface area contributed by atoms with Gasteiger partial charge >= 0.3 is 0 Å². The lowest BCUT2D eigenvalue weighted by Crippen LogP contribution is -2.01. The van der Waals surface area contributed by atoms with Crippen molar-refractivity contribution < 1.29 is 0 Å². The van der Waals surface area contributed by atoms with Crippen LogP contribution >= 0.6 is 11.5 Å². The van der Waals surface area contributed by atoms with Crippen LogP contribution in [0.25, 0.3) is 0 Å². The molecule has 0 bridgehead atoms. The highest BCUT2D eigenvalue weighted by Gasteiger charge is 2.03. The fraction of sp³-hybridized carbons (Fsp3) is 0.417. The minimum Gasteiger partial charge on any atom is -0.356 e. The number of hydrogen-bond donors (Lipinski definition) is 1. The van der Waals surface area contributed by atoms with Crippen LogP contribution in [-0.2, 0) is 13.0 Å². The molecule has 0 unspecified atom stereocenters. The predicted molar refractivity (Wildman–Crippen MR) is 70.2 cm³/mol. The summed E-state index contributed by atoms with van der Waals surface area (Å²) >= 11 is 1.43. The van der Waals surface area contributed by atoms with Gasteiger partial charge in [-0.1, -0.05) is 6.92 Å². The third kappa shape index (κ3) is 3.23. The monoisotopic (exact) mass is 248 g/mol. The smallest absolute Gasteiger partial charge is 0.202 e. The molecule has 4 nitrogen and oxygen atoms in total. The normalized spacial score (nSPS) is 10.5. The Labute approximate surface area is 105 Å². The second-order valence-corrected chi connectivity index (χ2v) is 4.67. The summed E-state index contributed by atoms with van der Waals surface area (Å²) in [7, 11) is 0. The second kappa shape index (κ2) is 5.72. The van der Waals surface area contributed by atoms with Crippen molar-refractivity contribution in [3.63, 3.8) is 0 Å². The summed E-state index contributed by atoms with van der Waals surface area (Å²) < 4.78 is 4.30. The Bertz CT molecular complexity index is 481. The van der Waals surface area contributed by atoms with E-state index in [1.807, 2.05) is 18.5 Å². The number of anilines is 1. The van der Waals surface area contributed by atoms with Crippen LogP contribution in [0.5, 0.6) is 0 Å². The van der Waals surface area contributed by atoms with Crippen molar-refractivity contribution in [2.45, 2.75) is 33.2 Å². The van der Waals surface area contributed by atoms with Gasteiger partial charge in [-0.3, -0.25) is 4.98 Å². The van der Waals surface area contributed by atoms with E-state index in [1.165, 1.54) is 22.7 Å². The van der Waals surface area contributed by atoms with Crippen LogP contribution in [0.2, 0.25) is 0 Å². The average Bonchev–Trinajstić information content (AvgIpc) is 2.76. The molecule has 0 saturated heterocycles. The minimum absolute atomic E-state index is 0.773. The molecular formula is C12H16N4S. The van der Waals surface area contributed by atoms with Crippen molar-refractivity contribution >= 4 is 16.7 Å². The average molecular weight is 248 g/mol. The zero-order chi connectivity index (χ0) is 12.1. The van der Waals surface area contributed by atoms with Gasteiger partial charge in [-0.2, -0.15) is 4.37 Å². The number of nitrogens with one attached hydrogen (secondary N) is 1. The molecule has 0 spiro atoms. The highest BCUT2D eigenvalue weighted by Crippen LogP contribution is 2.14. The zero-order valence-electron chi connectivity index (χ0n) is 10.1. The second-order valence-electron chi connectivity index (χ2n) is 3.92. The molecule has 17 heavy (non-hydrogen) atoms. The SMILES string of the molecule is CCCc1nsc(NCc2ccncc2C)n1. The Balaban J connectivity index is 1.95. The van der Waals surface area contributed by atoms with Gasteiger partial charge in [0.15, 0.2) is 0 Å². The van der Waals surface area contributed by atoms with Crippen LogP contribution in [0.1, 0.15) is 30.3 Å². The third-order valence-corrected chi connectivity index (χ3v) is 3.22. The van der Waals surface area contributed by atoms with Gasteiger partial charge in [-0.05, 0) is 30.5 Å². The minimum atomic E-state index is 0.773. The molecule has 2 heterocycles. The maximum atomic E-state index is 4.43. The fourth-order valence-electron chi connectivity index (χ4n) is 1.52. The summed E-state index contributed by atoms with van der Waals surface area (Å²) in [6.07, 6.45) is 5.72. The van der Waals surface area contributed by atoms with Gasteiger partial charge in [-0.15, -0.1) is 0 Å². The third-order valence-electron chi connectivity index (χ3n) is 2.51. The lowest BCUT2D eigenvalue weighted by atomic mass is 10.2. The molecule has 0 amide bonds. The molecule has 0 aromatic carbocycles. The summed E-state index contributed by atoms with van der Waals surface area (Å²) in [6, 6.07) is 2.02. The van der Waals surface area contributed by atoms with Crippen molar-refractivity contribution in [1.29, 1.82) is 0 Å². The van der Waals surface area contributed by atoms with Crippen molar-refractivity contribution in [2.75, 3.05) is 5.32 Å². The van der Waals surface area contributed by atoms with E-state index in [4.69, 9.17) is 0 Å². The number of aryl methyl sites for hydroxylation is 2. The van der Waals surface area contributed by atoms with E-state index < -0.39 is 0 Å². The molecule has 2 rings (SSSR count). The first-order valence-electron chi connectivity index (χ1n) is 5.75. The first-order chi connectivity index (χ1) is 8.29. The number of rotatable bonds is 5. The van der Waals surface area contributed by atoms with Crippen molar-refractivity contribution in [3.8, 4) is 0 Å². The maximum Gasteiger partial charge on any atom is 0.202 e. The van der Waals surface area contributed by atoms with Crippen LogP contribution in [0.15, 0.2) is 18.5 Å². The molecule has 0 atom stereocenters. The van der Waals surface area contributed by atoms with Gasteiger partial charge in [0.1, 0.15) is 5.82 Å². The van der Waals surface area contributed by atoms with E-state index in [9.17, 15) is 0 Å². The van der Waals surface area contributed by atoms with Crippen LogP contribution in [0, 0.1) is 6.92 Å². The quantitative estimate of drug-likeness (QED) is 0.884. The van der Waals surface area contributed by atoms with Gasteiger partial charge in [0.05, 0.1) is 0 Å². The molecule has 0 saturated carbocycles. The fourth-order valence-corrected chi connectivity index (χ4v) is 2.13. The van der Waals surface area contributed by atoms with Gasteiger partial charge in [0.2, 0.25) is 5.13 Å². The first kappa shape index (κ1) is 12.0. The van der Waals surface area contributed by atoms with Crippen molar-refractivity contribution in [3.05, 3.63) is 35.4 Å². The van der Waals surface area contributed by atoms with Gasteiger partial charge in [0.25, 0.3) is 0 Å². The van der Waals surface area contributed by atoms with E-state index in [-0.39, 0.29) is 0 Å². The number of pyridine rings is 1. The van der Waals surface area contributed by atoms with Crippen LogP contribution in [0.4, 0.5) is 5.13 Å². The lowest BCUT2D eigenvalue weighted by Gasteiger charge is -2.04. The summed E-state index contributed by atoms with van der Waals surface area (Å²) in [5.74, 6) is 0.937. The highest BCUT2D eigenvalue weighted by molar-refractivity contribution is 7.09. The Hall–Kier alpha value is -1.49. The summed E-state index contributed by atoms with van der Waals surface area (Å²) in [4.78, 5) is 8.50. The molecule has 0 aliphatic carbocycles. The number of aromatic nitrogens is 3. The summed E-state index contributed by atoms with van der Waals surface area (Å²) in [6.45, 7) is 4.97. The Morgan fingerprint density at radius 2 is 2.29 bits per heavy atom. The van der Waals surface area contributed by atoms with E-state index in [0.29, 0.717) is 0 Å². The molecule has 90 valence electrons. The van der Waals surface area contributed by atoms with Crippen molar-refractivity contribution in [2.24, 2.45) is 0 Å². The molecule has 0 fully saturated rings. The standard InChI is InChI=1S/C12H16N4S/c1-3-4-11-15-12(17-16-11)14-8-10-5-6-13-7-9(10)2/h5-7H,3-4,8H2,1-2H3,(H,14,15,16). The summed E-state index contributed by atoms with van der Waals surface area (Å²) in [5, 5.41) is 4.19. The lowest BCUT2D eigenvalue weighted by molar-refractivity contribution is 0.861. The first-order valence-corrected chi connectivity index (χ1v) is 6.53. The Morgan fingerprint density at radius 3 is 3.06 bits per heavy atom. The van der Waals surface area contributed by atoms with E-state index in [0.717, 1.165) is 30.3 Å². The highest BCUT2D eigenvalue weighted by atomic mass is 32.1. The molecular weight excluding hydrogens is 232 g/mol. The number of hydrogen-bond acceptors (Lipinski definition) is 5. The van der Waals surface area contributed by atoms with Gasteiger partial charge in [-0.25, -0.2) is 4.98 Å². The molecule has 5 heteroatoms. The molecule has 0 radical (unpaired) electrons. The predicted octanol–water partition coefficient (Wildman–Crippen LogP) is 2.81. The molecule has 1 N–H and O–H groups in total. The van der Waals surface area contributed by atoms with E-state index >= 15 is 0 Å².